The summed E-state index contributed by atoms with van der Waals surface area (Å²) < 4.78 is 5.25. The Hall–Kier alpha value is -2.28. The molecule has 1 aromatic heterocycles. The van der Waals surface area contributed by atoms with Crippen LogP contribution in [0.3, 0.4) is 0 Å². The molecule has 23 heavy (non-hydrogen) atoms. The van der Waals surface area contributed by atoms with E-state index in [2.05, 4.69) is 15.5 Å². The second-order valence-corrected chi connectivity index (χ2v) is 6.86. The molecule has 1 amide bonds. The average Bonchev–Trinajstić information content (AvgIpc) is 2.95. The maximum absolute atomic E-state index is 12.3. The highest BCUT2D eigenvalue weighted by Crippen LogP contribution is 2.25. The summed E-state index contributed by atoms with van der Waals surface area (Å²) in [7, 11) is 0. The van der Waals surface area contributed by atoms with Crippen molar-refractivity contribution in [1.82, 2.24) is 10.2 Å². The monoisotopic (exact) mass is 331 g/mol. The zero-order chi connectivity index (χ0) is 16.6. The number of amides is 1. The number of aromatic nitrogens is 2. The lowest BCUT2D eigenvalue weighted by Crippen LogP contribution is -2.38. The van der Waals surface area contributed by atoms with Crippen molar-refractivity contribution in [3.05, 3.63) is 39.9 Å². The largest absolute Gasteiger partial charge is 0.448 e. The van der Waals surface area contributed by atoms with Crippen molar-refractivity contribution in [2.24, 2.45) is 0 Å². The molecule has 1 atom stereocenters. The lowest BCUT2D eigenvalue weighted by molar-refractivity contribution is -0.125. The number of benzene rings is 1. The fourth-order valence-electron chi connectivity index (χ4n) is 2.38. The van der Waals surface area contributed by atoms with Gasteiger partial charge in [0.05, 0.1) is 5.56 Å². The Bertz CT molecular complexity index is 770. The van der Waals surface area contributed by atoms with E-state index in [9.17, 15) is 9.59 Å². The molecule has 0 saturated carbocycles. The van der Waals surface area contributed by atoms with Crippen molar-refractivity contribution >= 4 is 28.3 Å². The molecular formula is C16H17N3O3S. The van der Waals surface area contributed by atoms with Crippen LogP contribution in [0.15, 0.2) is 18.2 Å². The van der Waals surface area contributed by atoms with Gasteiger partial charge in [-0.05, 0) is 18.6 Å². The first-order valence-electron chi connectivity index (χ1n) is 7.39. The summed E-state index contributed by atoms with van der Waals surface area (Å²) in [5.74, 6) is -0.594. The molecule has 0 radical (unpaired) electrons. The Morgan fingerprint density at radius 2 is 2.17 bits per heavy atom. The number of cyclic esters (lactones) is 1. The third-order valence-electron chi connectivity index (χ3n) is 3.59. The van der Waals surface area contributed by atoms with Gasteiger partial charge in [-0.3, -0.25) is 10.1 Å². The Kier molecular flexibility index (Phi) is 4.12. The van der Waals surface area contributed by atoms with Crippen LogP contribution in [-0.4, -0.2) is 28.2 Å². The van der Waals surface area contributed by atoms with Crippen molar-refractivity contribution in [3.8, 4) is 0 Å². The lowest BCUT2D eigenvalue weighted by Gasteiger charge is -2.23. The summed E-state index contributed by atoms with van der Waals surface area (Å²) in [4.78, 5) is 24.4. The highest BCUT2D eigenvalue weighted by atomic mass is 32.1. The molecule has 2 aromatic rings. The number of hydrogen-bond donors (Lipinski definition) is 1. The fraction of sp³-hybridized carbons (Fsp3) is 0.375. The van der Waals surface area contributed by atoms with Gasteiger partial charge >= 0.3 is 5.97 Å². The van der Waals surface area contributed by atoms with E-state index in [4.69, 9.17) is 4.74 Å². The van der Waals surface area contributed by atoms with E-state index in [1.165, 1.54) is 11.3 Å². The predicted octanol–water partition coefficient (Wildman–Crippen LogP) is 2.69. The molecule has 0 fully saturated rings. The van der Waals surface area contributed by atoms with E-state index in [0.29, 0.717) is 17.1 Å². The summed E-state index contributed by atoms with van der Waals surface area (Å²) >= 11 is 1.33. The minimum atomic E-state index is -0.844. The van der Waals surface area contributed by atoms with Crippen molar-refractivity contribution in [3.63, 3.8) is 0 Å². The molecule has 7 heteroatoms. The first-order chi connectivity index (χ1) is 10.9. The minimum absolute atomic E-state index is 0.250. The molecule has 0 saturated heterocycles. The molecule has 1 aromatic carbocycles. The van der Waals surface area contributed by atoms with Gasteiger partial charge in [0.1, 0.15) is 5.01 Å². The molecule has 0 spiro atoms. The van der Waals surface area contributed by atoms with Crippen molar-refractivity contribution in [1.29, 1.82) is 0 Å². The van der Waals surface area contributed by atoms with E-state index < -0.39 is 12.1 Å². The molecule has 0 bridgehead atoms. The Morgan fingerprint density at radius 1 is 1.39 bits per heavy atom. The minimum Gasteiger partial charge on any atom is -0.448 e. The molecule has 3 rings (SSSR count). The van der Waals surface area contributed by atoms with Gasteiger partial charge in [0.25, 0.3) is 5.91 Å². The van der Waals surface area contributed by atoms with Crippen LogP contribution in [0.2, 0.25) is 0 Å². The van der Waals surface area contributed by atoms with Crippen LogP contribution in [0, 0.1) is 6.92 Å². The second kappa shape index (κ2) is 6.08. The molecule has 120 valence electrons. The summed E-state index contributed by atoms with van der Waals surface area (Å²) in [6.45, 7) is 5.96. The smallest absolute Gasteiger partial charge is 0.339 e. The Morgan fingerprint density at radius 3 is 2.87 bits per heavy atom. The number of anilines is 1. The molecule has 1 unspecified atom stereocenters. The number of fused-ring (bicyclic) bond motifs is 1. The first kappa shape index (κ1) is 15.6. The van der Waals surface area contributed by atoms with E-state index in [-0.39, 0.29) is 11.8 Å². The number of esters is 1. The number of rotatable bonds is 3. The van der Waals surface area contributed by atoms with Crippen LogP contribution in [-0.2, 0) is 16.0 Å². The highest BCUT2D eigenvalue weighted by molar-refractivity contribution is 7.15. The molecule has 1 aliphatic rings. The zero-order valence-corrected chi connectivity index (χ0v) is 13.9. The van der Waals surface area contributed by atoms with Crippen LogP contribution in [0.1, 0.15) is 46.3 Å². The third kappa shape index (κ3) is 3.24. The third-order valence-corrected chi connectivity index (χ3v) is 4.73. The predicted molar refractivity (Wildman–Crippen MR) is 86.7 cm³/mol. The Balaban J connectivity index is 1.74. The van der Waals surface area contributed by atoms with Crippen molar-refractivity contribution in [2.45, 2.75) is 39.2 Å². The number of hydrogen-bond acceptors (Lipinski definition) is 6. The van der Waals surface area contributed by atoms with Gasteiger partial charge in [0.15, 0.2) is 6.10 Å². The van der Waals surface area contributed by atoms with E-state index in [1.807, 2.05) is 32.9 Å². The first-order valence-corrected chi connectivity index (χ1v) is 8.20. The Labute approximate surface area is 137 Å². The molecule has 1 N–H and O–H groups in total. The van der Waals surface area contributed by atoms with Gasteiger partial charge in [-0.2, -0.15) is 0 Å². The number of nitrogens with one attached hydrogen (secondary N) is 1. The highest BCUT2D eigenvalue weighted by Gasteiger charge is 2.31. The van der Waals surface area contributed by atoms with Gasteiger partial charge in [-0.1, -0.05) is 42.9 Å². The SMILES string of the molecule is Cc1ccc2c(c1)CC(C(=O)Nc1nnc(C(C)C)s1)OC2=O. The van der Waals surface area contributed by atoms with Gasteiger partial charge < -0.3 is 4.74 Å². The van der Waals surface area contributed by atoms with Gasteiger partial charge in [-0.25, -0.2) is 4.79 Å². The quantitative estimate of drug-likeness (QED) is 0.875. The van der Waals surface area contributed by atoms with Gasteiger partial charge in [0, 0.05) is 12.3 Å². The average molecular weight is 331 g/mol. The number of ether oxygens (including phenoxy) is 1. The molecule has 2 heterocycles. The normalized spacial score (nSPS) is 16.9. The summed E-state index contributed by atoms with van der Waals surface area (Å²) in [5, 5.41) is 11.9. The molecular weight excluding hydrogens is 314 g/mol. The summed E-state index contributed by atoms with van der Waals surface area (Å²) in [6.07, 6.45) is -0.479. The van der Waals surface area contributed by atoms with Crippen LogP contribution in [0.5, 0.6) is 0 Å². The standard InChI is InChI=1S/C16H17N3O3S/c1-8(2)14-18-19-16(23-14)17-13(20)12-7-10-6-9(3)4-5-11(10)15(21)22-12/h4-6,8,12H,7H2,1-3H3,(H,17,19,20). The number of nitrogens with zero attached hydrogens (tertiary/aromatic N) is 2. The van der Waals surface area contributed by atoms with Gasteiger partial charge in [0.2, 0.25) is 5.13 Å². The maximum atomic E-state index is 12.3. The molecule has 0 aliphatic carbocycles. The van der Waals surface area contributed by atoms with Crippen LogP contribution in [0.4, 0.5) is 5.13 Å². The topological polar surface area (TPSA) is 81.2 Å². The number of carbonyl (C=O) groups is 2. The number of carbonyl (C=O) groups excluding carboxylic acids is 2. The molecule has 1 aliphatic heterocycles. The van der Waals surface area contributed by atoms with Crippen LogP contribution >= 0.6 is 11.3 Å². The fourth-order valence-corrected chi connectivity index (χ4v) is 3.12. The van der Waals surface area contributed by atoms with Crippen LogP contribution in [0.25, 0.3) is 0 Å². The second-order valence-electron chi connectivity index (χ2n) is 5.85. The van der Waals surface area contributed by atoms with E-state index in [1.54, 1.807) is 6.07 Å². The number of aryl methyl sites for hydroxylation is 1. The summed E-state index contributed by atoms with van der Waals surface area (Å²) in [6, 6.07) is 5.51. The van der Waals surface area contributed by atoms with Gasteiger partial charge in [-0.15, -0.1) is 10.2 Å². The van der Waals surface area contributed by atoms with Crippen LogP contribution < -0.4 is 5.32 Å². The summed E-state index contributed by atoms with van der Waals surface area (Å²) in [5.41, 5.74) is 2.41. The maximum Gasteiger partial charge on any atom is 0.339 e. The van der Waals surface area contributed by atoms with Crippen molar-refractivity contribution in [2.75, 3.05) is 5.32 Å². The lowest BCUT2D eigenvalue weighted by atomic mass is 9.96. The zero-order valence-electron chi connectivity index (χ0n) is 13.1. The van der Waals surface area contributed by atoms with Crippen molar-refractivity contribution < 1.29 is 14.3 Å². The van der Waals surface area contributed by atoms with E-state index >= 15 is 0 Å². The molecule has 6 nitrogen and oxygen atoms in total. The van der Waals surface area contributed by atoms with E-state index in [0.717, 1.165) is 16.1 Å².